The molecule has 2 amide bonds. The fraction of sp³-hybridized carbons (Fsp3) is 0.320. The third kappa shape index (κ3) is 4.16. The standard InChI is InChI=1S/C25H26N4O3/c30-24(27-20-9-5-2-6-10-20)19-11-13-28(14-12-19)25(31)23-21-16-32-22(15-29(21)17-26-23)18-7-3-1-4-8-18/h1-10,17,19,22H,11-16H2,(H,27,30)/t22-/m0/s1. The number of imidazole rings is 1. The van der Waals surface area contributed by atoms with Crippen molar-refractivity contribution in [2.75, 3.05) is 18.4 Å². The molecule has 7 heteroatoms. The van der Waals surface area contributed by atoms with E-state index in [2.05, 4.69) is 22.4 Å². The van der Waals surface area contributed by atoms with E-state index >= 15 is 0 Å². The van der Waals surface area contributed by atoms with Crippen molar-refractivity contribution in [3.05, 3.63) is 83.9 Å². The smallest absolute Gasteiger partial charge is 0.274 e. The molecule has 1 atom stereocenters. The summed E-state index contributed by atoms with van der Waals surface area (Å²) >= 11 is 0. The Kier molecular flexibility index (Phi) is 5.73. The van der Waals surface area contributed by atoms with Gasteiger partial charge in [-0.15, -0.1) is 0 Å². The van der Waals surface area contributed by atoms with Crippen LogP contribution in [0.2, 0.25) is 0 Å². The lowest BCUT2D eigenvalue weighted by atomic mass is 9.95. The number of carbonyl (C=O) groups is 2. The fourth-order valence-electron chi connectivity index (χ4n) is 4.44. The van der Waals surface area contributed by atoms with Crippen molar-refractivity contribution in [2.45, 2.75) is 32.1 Å². The number of likely N-dealkylation sites (tertiary alicyclic amines) is 1. The highest BCUT2D eigenvalue weighted by atomic mass is 16.5. The van der Waals surface area contributed by atoms with E-state index < -0.39 is 0 Å². The Bertz CT molecular complexity index is 1090. The van der Waals surface area contributed by atoms with Gasteiger partial charge < -0.3 is 19.5 Å². The van der Waals surface area contributed by atoms with E-state index in [0.717, 1.165) is 16.9 Å². The van der Waals surface area contributed by atoms with Gasteiger partial charge in [0.1, 0.15) is 6.10 Å². The molecular formula is C25H26N4O3. The Morgan fingerprint density at radius 2 is 1.66 bits per heavy atom. The Hall–Kier alpha value is -3.45. The van der Waals surface area contributed by atoms with Crippen molar-refractivity contribution in [1.82, 2.24) is 14.5 Å². The van der Waals surface area contributed by atoms with Crippen LogP contribution >= 0.6 is 0 Å². The zero-order valence-corrected chi connectivity index (χ0v) is 17.8. The molecule has 3 heterocycles. The average Bonchev–Trinajstić information content (AvgIpc) is 3.28. The molecule has 1 N–H and O–H groups in total. The molecule has 32 heavy (non-hydrogen) atoms. The number of fused-ring (bicyclic) bond motifs is 1. The Morgan fingerprint density at radius 1 is 0.969 bits per heavy atom. The van der Waals surface area contributed by atoms with Gasteiger partial charge in [-0.2, -0.15) is 0 Å². The Labute approximate surface area is 187 Å². The van der Waals surface area contributed by atoms with Gasteiger partial charge in [0.15, 0.2) is 5.69 Å². The second-order valence-corrected chi connectivity index (χ2v) is 8.32. The van der Waals surface area contributed by atoms with Crippen molar-refractivity contribution in [3.63, 3.8) is 0 Å². The Balaban J connectivity index is 1.20. The first kappa shape index (κ1) is 20.5. The summed E-state index contributed by atoms with van der Waals surface area (Å²) < 4.78 is 8.07. The zero-order chi connectivity index (χ0) is 21.9. The molecular weight excluding hydrogens is 404 g/mol. The topological polar surface area (TPSA) is 76.5 Å². The summed E-state index contributed by atoms with van der Waals surface area (Å²) in [4.78, 5) is 31.9. The van der Waals surface area contributed by atoms with Gasteiger partial charge in [-0.3, -0.25) is 9.59 Å². The van der Waals surface area contributed by atoms with Crippen LogP contribution in [-0.4, -0.2) is 39.4 Å². The van der Waals surface area contributed by atoms with E-state index in [0.29, 0.717) is 44.8 Å². The van der Waals surface area contributed by atoms with Crippen LogP contribution in [0.15, 0.2) is 67.0 Å². The second-order valence-electron chi connectivity index (χ2n) is 8.32. The van der Waals surface area contributed by atoms with Gasteiger partial charge in [0.2, 0.25) is 5.91 Å². The maximum absolute atomic E-state index is 13.1. The van der Waals surface area contributed by atoms with Crippen LogP contribution in [0.4, 0.5) is 5.69 Å². The summed E-state index contributed by atoms with van der Waals surface area (Å²) in [7, 11) is 0. The largest absolute Gasteiger partial charge is 0.365 e. The molecule has 2 aliphatic heterocycles. The van der Waals surface area contributed by atoms with Crippen molar-refractivity contribution in [1.29, 1.82) is 0 Å². The van der Waals surface area contributed by atoms with Gasteiger partial charge in [-0.25, -0.2) is 4.98 Å². The highest BCUT2D eigenvalue weighted by molar-refractivity contribution is 5.95. The van der Waals surface area contributed by atoms with Gasteiger partial charge in [0.05, 0.1) is 25.2 Å². The average molecular weight is 431 g/mol. The minimum absolute atomic E-state index is 0.0167. The number of piperidine rings is 1. The number of anilines is 1. The van der Waals surface area contributed by atoms with Crippen molar-refractivity contribution < 1.29 is 14.3 Å². The monoisotopic (exact) mass is 430 g/mol. The first-order valence-corrected chi connectivity index (χ1v) is 11.0. The maximum Gasteiger partial charge on any atom is 0.274 e. The summed E-state index contributed by atoms with van der Waals surface area (Å²) in [6.07, 6.45) is 2.99. The molecule has 0 spiro atoms. The first-order chi connectivity index (χ1) is 15.7. The third-order valence-corrected chi connectivity index (χ3v) is 6.30. The normalized spacial score (nSPS) is 18.8. The number of carbonyl (C=O) groups excluding carboxylic acids is 2. The molecule has 3 aromatic rings. The molecule has 7 nitrogen and oxygen atoms in total. The van der Waals surface area contributed by atoms with E-state index in [4.69, 9.17) is 4.74 Å². The highest BCUT2D eigenvalue weighted by Crippen LogP contribution is 2.29. The van der Waals surface area contributed by atoms with Crippen LogP contribution in [0.25, 0.3) is 0 Å². The van der Waals surface area contributed by atoms with Gasteiger partial charge in [-0.1, -0.05) is 48.5 Å². The number of benzene rings is 2. The number of amides is 2. The van der Waals surface area contributed by atoms with Crippen molar-refractivity contribution >= 4 is 17.5 Å². The third-order valence-electron chi connectivity index (χ3n) is 6.30. The molecule has 2 aromatic carbocycles. The van der Waals surface area contributed by atoms with E-state index in [9.17, 15) is 9.59 Å². The molecule has 5 rings (SSSR count). The minimum Gasteiger partial charge on any atom is -0.365 e. The molecule has 0 saturated carbocycles. The number of nitrogens with one attached hydrogen (secondary N) is 1. The predicted molar refractivity (Wildman–Crippen MR) is 120 cm³/mol. The second kappa shape index (κ2) is 8.96. The predicted octanol–water partition coefficient (Wildman–Crippen LogP) is 3.65. The van der Waals surface area contributed by atoms with Crippen LogP contribution in [0.1, 0.15) is 40.7 Å². The molecule has 2 aliphatic rings. The molecule has 1 saturated heterocycles. The SMILES string of the molecule is O=C(Nc1ccccc1)C1CCN(C(=O)c2ncn3c2CO[C@H](c2ccccc2)C3)CC1. The molecule has 164 valence electrons. The maximum atomic E-state index is 13.1. The van der Waals surface area contributed by atoms with Crippen LogP contribution < -0.4 is 5.32 Å². The number of aromatic nitrogens is 2. The Morgan fingerprint density at radius 3 is 2.38 bits per heavy atom. The van der Waals surface area contributed by atoms with Crippen LogP contribution in [0.5, 0.6) is 0 Å². The summed E-state index contributed by atoms with van der Waals surface area (Å²) in [5.41, 5.74) is 3.21. The molecule has 0 unspecified atom stereocenters. The number of hydrogen-bond acceptors (Lipinski definition) is 4. The molecule has 0 bridgehead atoms. The lowest BCUT2D eigenvalue weighted by Crippen LogP contribution is -2.42. The van der Waals surface area contributed by atoms with E-state index in [1.165, 1.54) is 0 Å². The van der Waals surface area contributed by atoms with E-state index in [-0.39, 0.29) is 23.8 Å². The van der Waals surface area contributed by atoms with Crippen LogP contribution in [-0.2, 0) is 22.7 Å². The number of ether oxygens (including phenoxy) is 1. The van der Waals surface area contributed by atoms with Gasteiger partial charge in [0.25, 0.3) is 5.91 Å². The number of para-hydroxylation sites is 1. The number of rotatable bonds is 4. The summed E-state index contributed by atoms with van der Waals surface area (Å²) in [5, 5.41) is 2.97. The van der Waals surface area contributed by atoms with Crippen molar-refractivity contribution in [3.8, 4) is 0 Å². The molecule has 1 aromatic heterocycles. The van der Waals surface area contributed by atoms with Crippen LogP contribution in [0, 0.1) is 5.92 Å². The van der Waals surface area contributed by atoms with Crippen molar-refractivity contribution in [2.24, 2.45) is 5.92 Å². The zero-order valence-electron chi connectivity index (χ0n) is 17.8. The molecule has 0 aliphatic carbocycles. The fourth-order valence-corrected chi connectivity index (χ4v) is 4.44. The summed E-state index contributed by atoms with van der Waals surface area (Å²) in [6.45, 7) is 2.09. The summed E-state index contributed by atoms with van der Waals surface area (Å²) in [6, 6.07) is 19.6. The van der Waals surface area contributed by atoms with Gasteiger partial charge in [-0.05, 0) is 30.5 Å². The molecule has 0 radical (unpaired) electrons. The molecule has 1 fully saturated rings. The first-order valence-electron chi connectivity index (χ1n) is 11.0. The lowest BCUT2D eigenvalue weighted by Gasteiger charge is -2.31. The van der Waals surface area contributed by atoms with E-state index in [1.54, 1.807) is 11.2 Å². The quantitative estimate of drug-likeness (QED) is 0.686. The number of hydrogen-bond donors (Lipinski definition) is 1. The minimum atomic E-state index is -0.0925. The van der Waals surface area contributed by atoms with Gasteiger partial charge >= 0.3 is 0 Å². The highest BCUT2D eigenvalue weighted by Gasteiger charge is 2.32. The number of nitrogens with zero attached hydrogens (tertiary/aromatic N) is 3. The lowest BCUT2D eigenvalue weighted by molar-refractivity contribution is -0.121. The summed E-state index contributed by atoms with van der Waals surface area (Å²) in [5.74, 6) is -0.157. The van der Waals surface area contributed by atoms with Crippen LogP contribution in [0.3, 0.4) is 0 Å². The van der Waals surface area contributed by atoms with Gasteiger partial charge in [0, 0.05) is 24.7 Å². The van der Waals surface area contributed by atoms with E-state index in [1.807, 2.05) is 53.1 Å².